The molecule has 1 unspecified atom stereocenters. The van der Waals surface area contributed by atoms with Gasteiger partial charge < -0.3 is 5.73 Å². The van der Waals surface area contributed by atoms with E-state index in [9.17, 15) is 13.2 Å². The second-order valence-corrected chi connectivity index (χ2v) is 5.84. The monoisotopic (exact) mass is 310 g/mol. The standard InChI is InChI=1S/C11H14BrF3N2/c1-10(2,3)8(12)6-4-7(11(13,14)15)9(16)17-5-6/h4-5,8H,1-3H3,(H2,16,17). The molecule has 0 aliphatic rings. The van der Waals surface area contributed by atoms with Crippen LogP contribution in [0.2, 0.25) is 0 Å². The minimum atomic E-state index is -4.47. The van der Waals surface area contributed by atoms with E-state index in [2.05, 4.69) is 20.9 Å². The lowest BCUT2D eigenvalue weighted by atomic mass is 9.88. The van der Waals surface area contributed by atoms with Gasteiger partial charge >= 0.3 is 6.18 Å². The predicted molar refractivity (Wildman–Crippen MR) is 64.8 cm³/mol. The zero-order valence-corrected chi connectivity index (χ0v) is 11.4. The van der Waals surface area contributed by atoms with Gasteiger partial charge in [0.2, 0.25) is 0 Å². The second-order valence-electron chi connectivity index (χ2n) is 4.93. The highest BCUT2D eigenvalue weighted by atomic mass is 79.9. The van der Waals surface area contributed by atoms with Crippen molar-refractivity contribution in [2.24, 2.45) is 5.41 Å². The topological polar surface area (TPSA) is 38.9 Å². The van der Waals surface area contributed by atoms with Crippen LogP contribution in [0.25, 0.3) is 0 Å². The van der Waals surface area contributed by atoms with Crippen LogP contribution in [0, 0.1) is 5.41 Å². The molecule has 2 N–H and O–H groups in total. The Morgan fingerprint density at radius 3 is 2.24 bits per heavy atom. The van der Waals surface area contributed by atoms with E-state index in [1.54, 1.807) is 0 Å². The molecule has 1 heterocycles. The second kappa shape index (κ2) is 4.48. The lowest BCUT2D eigenvalue weighted by molar-refractivity contribution is -0.137. The first kappa shape index (κ1) is 14.3. The van der Waals surface area contributed by atoms with E-state index in [4.69, 9.17) is 5.73 Å². The number of nitrogen functional groups attached to an aromatic ring is 1. The smallest absolute Gasteiger partial charge is 0.383 e. The molecule has 0 bridgehead atoms. The quantitative estimate of drug-likeness (QED) is 0.791. The summed E-state index contributed by atoms with van der Waals surface area (Å²) < 4.78 is 38.0. The van der Waals surface area contributed by atoms with Crippen LogP contribution < -0.4 is 5.73 Å². The van der Waals surface area contributed by atoms with Crippen LogP contribution >= 0.6 is 15.9 Å². The van der Waals surface area contributed by atoms with Crippen molar-refractivity contribution in [2.75, 3.05) is 5.73 Å². The Balaban J connectivity index is 3.23. The van der Waals surface area contributed by atoms with Crippen LogP contribution in [0.3, 0.4) is 0 Å². The van der Waals surface area contributed by atoms with E-state index in [0.29, 0.717) is 5.56 Å². The number of hydrogen-bond acceptors (Lipinski definition) is 2. The van der Waals surface area contributed by atoms with E-state index >= 15 is 0 Å². The minimum absolute atomic E-state index is 0.208. The Morgan fingerprint density at radius 2 is 1.82 bits per heavy atom. The van der Waals surface area contributed by atoms with Crippen LogP contribution in [0.15, 0.2) is 12.3 Å². The van der Waals surface area contributed by atoms with E-state index in [0.717, 1.165) is 6.07 Å². The molecule has 0 aliphatic carbocycles. The fraction of sp³-hybridized carbons (Fsp3) is 0.545. The van der Waals surface area contributed by atoms with Crippen LogP contribution in [0.5, 0.6) is 0 Å². The molecule has 1 rings (SSSR count). The molecule has 1 atom stereocenters. The zero-order chi connectivity index (χ0) is 13.4. The first-order chi connectivity index (χ1) is 7.53. The molecule has 0 aliphatic heterocycles. The Hall–Kier alpha value is -0.780. The van der Waals surface area contributed by atoms with Crippen molar-refractivity contribution in [3.8, 4) is 0 Å². The maximum atomic E-state index is 12.7. The molecule has 17 heavy (non-hydrogen) atoms. The van der Waals surface area contributed by atoms with Crippen LogP contribution in [-0.2, 0) is 6.18 Å². The average molecular weight is 311 g/mol. The fourth-order valence-corrected chi connectivity index (χ4v) is 1.61. The van der Waals surface area contributed by atoms with Gasteiger partial charge in [-0.3, -0.25) is 0 Å². The van der Waals surface area contributed by atoms with E-state index < -0.39 is 17.6 Å². The largest absolute Gasteiger partial charge is 0.419 e. The van der Waals surface area contributed by atoms with E-state index in [-0.39, 0.29) is 10.2 Å². The van der Waals surface area contributed by atoms with Gasteiger partial charge in [0.15, 0.2) is 0 Å². The number of nitrogens with zero attached hydrogens (tertiary/aromatic N) is 1. The summed E-state index contributed by atoms with van der Waals surface area (Å²) in [6.07, 6.45) is -3.10. The van der Waals surface area contributed by atoms with Crippen molar-refractivity contribution in [3.63, 3.8) is 0 Å². The third-order valence-electron chi connectivity index (χ3n) is 2.30. The summed E-state index contributed by atoms with van der Waals surface area (Å²) in [5, 5.41) is 0. The van der Waals surface area contributed by atoms with Gasteiger partial charge in [-0.2, -0.15) is 13.2 Å². The van der Waals surface area contributed by atoms with Gasteiger partial charge in [-0.25, -0.2) is 4.98 Å². The number of aromatic nitrogens is 1. The van der Waals surface area contributed by atoms with Crippen molar-refractivity contribution in [1.82, 2.24) is 4.98 Å². The third-order valence-corrected chi connectivity index (χ3v) is 4.20. The number of halogens is 4. The van der Waals surface area contributed by atoms with Crippen LogP contribution in [0.1, 0.15) is 36.7 Å². The average Bonchev–Trinajstić information content (AvgIpc) is 2.14. The van der Waals surface area contributed by atoms with Gasteiger partial charge in [-0.15, -0.1) is 0 Å². The molecule has 0 spiro atoms. The molecule has 0 amide bonds. The Labute approximate surface area is 107 Å². The van der Waals surface area contributed by atoms with Gasteiger partial charge in [0, 0.05) is 11.0 Å². The van der Waals surface area contributed by atoms with Crippen LogP contribution in [0.4, 0.5) is 19.0 Å². The van der Waals surface area contributed by atoms with Crippen molar-refractivity contribution in [1.29, 1.82) is 0 Å². The highest BCUT2D eigenvalue weighted by Gasteiger charge is 2.35. The van der Waals surface area contributed by atoms with Gasteiger partial charge in [-0.05, 0) is 17.0 Å². The Morgan fingerprint density at radius 1 is 1.29 bits per heavy atom. The molecule has 96 valence electrons. The number of rotatable bonds is 1. The molecule has 0 saturated carbocycles. The molecule has 0 fully saturated rings. The number of pyridine rings is 1. The molecule has 6 heteroatoms. The number of hydrogen-bond donors (Lipinski definition) is 1. The third kappa shape index (κ3) is 3.34. The summed E-state index contributed by atoms with van der Waals surface area (Å²) in [7, 11) is 0. The minimum Gasteiger partial charge on any atom is -0.383 e. The summed E-state index contributed by atoms with van der Waals surface area (Å²) in [5.41, 5.74) is 4.62. The molecule has 0 saturated heterocycles. The number of anilines is 1. The Kier molecular flexibility index (Phi) is 3.76. The lowest BCUT2D eigenvalue weighted by Gasteiger charge is -2.26. The summed E-state index contributed by atoms with van der Waals surface area (Å²) in [4.78, 5) is 3.39. The van der Waals surface area contributed by atoms with Gasteiger partial charge in [0.25, 0.3) is 0 Å². The number of nitrogens with two attached hydrogens (primary N) is 1. The van der Waals surface area contributed by atoms with Gasteiger partial charge in [0.1, 0.15) is 5.82 Å². The molecule has 0 aromatic carbocycles. The fourth-order valence-electron chi connectivity index (χ4n) is 1.36. The van der Waals surface area contributed by atoms with Crippen molar-refractivity contribution in [3.05, 3.63) is 23.4 Å². The van der Waals surface area contributed by atoms with E-state index in [1.165, 1.54) is 6.20 Å². The molecule has 1 aromatic heterocycles. The summed E-state index contributed by atoms with van der Waals surface area (Å²) >= 11 is 3.38. The van der Waals surface area contributed by atoms with E-state index in [1.807, 2.05) is 20.8 Å². The van der Waals surface area contributed by atoms with Crippen LogP contribution in [-0.4, -0.2) is 4.98 Å². The zero-order valence-electron chi connectivity index (χ0n) is 9.77. The van der Waals surface area contributed by atoms with Crippen molar-refractivity contribution < 1.29 is 13.2 Å². The van der Waals surface area contributed by atoms with Crippen molar-refractivity contribution >= 4 is 21.7 Å². The van der Waals surface area contributed by atoms with Gasteiger partial charge in [-0.1, -0.05) is 36.7 Å². The maximum absolute atomic E-state index is 12.7. The lowest BCUT2D eigenvalue weighted by Crippen LogP contribution is -2.16. The molecule has 1 aromatic rings. The first-order valence-corrected chi connectivity index (χ1v) is 5.91. The highest BCUT2D eigenvalue weighted by Crippen LogP contribution is 2.42. The van der Waals surface area contributed by atoms with Gasteiger partial charge in [0.05, 0.1) is 5.56 Å². The molecule has 2 nitrogen and oxygen atoms in total. The Bertz CT molecular complexity index is 410. The summed E-state index contributed by atoms with van der Waals surface area (Å²) in [5.74, 6) is -0.491. The normalized spacial score (nSPS) is 14.8. The molecular formula is C11H14BrF3N2. The SMILES string of the molecule is CC(C)(C)C(Br)c1cnc(N)c(C(F)(F)F)c1. The highest BCUT2D eigenvalue weighted by molar-refractivity contribution is 9.09. The number of alkyl halides is 4. The van der Waals surface area contributed by atoms with Crippen molar-refractivity contribution in [2.45, 2.75) is 31.8 Å². The predicted octanol–water partition coefficient (Wildman–Crippen LogP) is 4.16. The molecular weight excluding hydrogens is 297 g/mol. The summed E-state index contributed by atoms with van der Waals surface area (Å²) in [6, 6.07) is 1.05. The summed E-state index contributed by atoms with van der Waals surface area (Å²) in [6.45, 7) is 5.78. The molecule has 0 radical (unpaired) electrons. The first-order valence-electron chi connectivity index (χ1n) is 5.00. The maximum Gasteiger partial charge on any atom is 0.419 e.